The van der Waals surface area contributed by atoms with Crippen molar-refractivity contribution in [3.63, 3.8) is 0 Å². The molecule has 3 rings (SSSR count). The Kier molecular flexibility index (Phi) is 9.59. The fourth-order valence-corrected chi connectivity index (χ4v) is 3.87. The van der Waals surface area contributed by atoms with Crippen LogP contribution in [0.2, 0.25) is 0 Å². The molecule has 0 fully saturated rings. The predicted octanol–water partition coefficient (Wildman–Crippen LogP) is 7.61. The molecule has 1 aromatic heterocycles. The van der Waals surface area contributed by atoms with Crippen LogP contribution >= 0.6 is 0 Å². The van der Waals surface area contributed by atoms with E-state index in [-0.39, 0.29) is 0 Å². The maximum absolute atomic E-state index is 4.61. The van der Waals surface area contributed by atoms with Crippen LogP contribution in [0.5, 0.6) is 0 Å². The zero-order valence-corrected chi connectivity index (χ0v) is 18.5. The van der Waals surface area contributed by atoms with Crippen molar-refractivity contribution >= 4 is 0 Å². The second kappa shape index (κ2) is 13.0. The first-order valence-electron chi connectivity index (χ1n) is 11.8. The molecule has 0 bridgehead atoms. The van der Waals surface area contributed by atoms with Gasteiger partial charge in [0.25, 0.3) is 0 Å². The van der Waals surface area contributed by atoms with Crippen molar-refractivity contribution in [3.8, 4) is 11.4 Å². The topological polar surface area (TPSA) is 25.8 Å². The lowest BCUT2D eigenvalue weighted by molar-refractivity contribution is 0.607. The maximum atomic E-state index is 4.61. The highest BCUT2D eigenvalue weighted by Gasteiger charge is 2.03. The van der Waals surface area contributed by atoms with Crippen LogP contribution in [0.1, 0.15) is 75.0 Å². The third-order valence-electron chi connectivity index (χ3n) is 5.76. The van der Waals surface area contributed by atoms with E-state index in [9.17, 15) is 0 Å². The molecule has 0 unspecified atom stereocenters. The number of unbranched alkanes of at least 4 members (excludes halogenated alkanes) is 6. The van der Waals surface area contributed by atoms with E-state index >= 15 is 0 Å². The van der Waals surface area contributed by atoms with E-state index in [0.717, 1.165) is 24.2 Å². The molecule has 0 spiro atoms. The summed E-state index contributed by atoms with van der Waals surface area (Å²) in [5, 5.41) is 0. The Morgan fingerprint density at radius 1 is 0.533 bits per heavy atom. The first-order chi connectivity index (χ1) is 14.8. The Balaban J connectivity index is 1.39. The number of benzene rings is 2. The first kappa shape index (κ1) is 22.2. The van der Waals surface area contributed by atoms with Gasteiger partial charge < -0.3 is 0 Å². The third kappa shape index (κ3) is 7.74. The van der Waals surface area contributed by atoms with Crippen LogP contribution in [0.4, 0.5) is 0 Å². The molecule has 0 atom stereocenters. The summed E-state index contributed by atoms with van der Waals surface area (Å²) in [6.07, 6.45) is 17.8. The van der Waals surface area contributed by atoms with E-state index in [1.807, 2.05) is 12.4 Å². The van der Waals surface area contributed by atoms with Crippen molar-refractivity contribution < 1.29 is 0 Å². The van der Waals surface area contributed by atoms with E-state index in [0.29, 0.717) is 0 Å². The normalized spacial score (nSPS) is 11.0. The average Bonchev–Trinajstić information content (AvgIpc) is 2.81. The molecule has 1 heterocycles. The summed E-state index contributed by atoms with van der Waals surface area (Å²) in [7, 11) is 0. The second-order valence-electron chi connectivity index (χ2n) is 8.32. The van der Waals surface area contributed by atoms with Gasteiger partial charge in [-0.2, -0.15) is 0 Å². The van der Waals surface area contributed by atoms with Crippen molar-refractivity contribution in [2.24, 2.45) is 0 Å². The molecule has 2 aromatic carbocycles. The number of aromatic nitrogens is 2. The lowest BCUT2D eigenvalue weighted by Gasteiger charge is -2.06. The molecule has 0 aliphatic rings. The Labute approximate surface area is 182 Å². The van der Waals surface area contributed by atoms with Crippen LogP contribution in [-0.2, 0) is 19.3 Å². The average molecular weight is 401 g/mol. The van der Waals surface area contributed by atoms with Crippen molar-refractivity contribution in [1.29, 1.82) is 0 Å². The van der Waals surface area contributed by atoms with Gasteiger partial charge in [-0.25, -0.2) is 9.97 Å². The van der Waals surface area contributed by atoms with Crippen molar-refractivity contribution in [2.45, 2.75) is 77.6 Å². The van der Waals surface area contributed by atoms with Crippen LogP contribution < -0.4 is 0 Å². The van der Waals surface area contributed by atoms with E-state index < -0.39 is 0 Å². The van der Waals surface area contributed by atoms with Gasteiger partial charge in [0.2, 0.25) is 0 Å². The number of rotatable bonds is 13. The number of aryl methyl sites for hydroxylation is 3. The monoisotopic (exact) mass is 400 g/mol. The molecule has 30 heavy (non-hydrogen) atoms. The Bertz CT molecular complexity index is 823. The molecule has 0 amide bonds. The molecule has 2 heteroatoms. The first-order valence-corrected chi connectivity index (χ1v) is 11.8. The highest BCUT2D eigenvalue weighted by molar-refractivity contribution is 5.55. The molecular formula is C28H36N2. The molecular weight excluding hydrogens is 364 g/mol. The quantitative estimate of drug-likeness (QED) is 0.276. The molecule has 0 N–H and O–H groups in total. The minimum Gasteiger partial charge on any atom is -0.236 e. The molecule has 0 aliphatic carbocycles. The Morgan fingerprint density at radius 3 is 1.73 bits per heavy atom. The summed E-state index contributed by atoms with van der Waals surface area (Å²) in [6.45, 7) is 2.27. The van der Waals surface area contributed by atoms with Gasteiger partial charge in [0.15, 0.2) is 5.82 Å². The van der Waals surface area contributed by atoms with E-state index in [4.69, 9.17) is 0 Å². The van der Waals surface area contributed by atoms with Crippen LogP contribution in [0, 0.1) is 0 Å². The number of nitrogens with zero attached hydrogens (tertiary/aromatic N) is 2. The van der Waals surface area contributed by atoms with Gasteiger partial charge in [-0.1, -0.05) is 93.6 Å². The maximum Gasteiger partial charge on any atom is 0.159 e. The predicted molar refractivity (Wildman–Crippen MR) is 128 cm³/mol. The molecule has 0 saturated heterocycles. The molecule has 0 radical (unpaired) electrons. The summed E-state index contributed by atoms with van der Waals surface area (Å²) in [5.74, 6) is 0.828. The molecule has 3 aromatic rings. The molecule has 0 saturated carbocycles. The summed E-state index contributed by atoms with van der Waals surface area (Å²) in [5.41, 5.74) is 5.18. The zero-order chi connectivity index (χ0) is 20.9. The number of hydrogen-bond acceptors (Lipinski definition) is 2. The van der Waals surface area contributed by atoms with Crippen molar-refractivity contribution in [1.82, 2.24) is 9.97 Å². The summed E-state index contributed by atoms with van der Waals surface area (Å²) in [6, 6.07) is 19.5. The minimum atomic E-state index is 0.828. The molecule has 0 aliphatic heterocycles. The van der Waals surface area contributed by atoms with Gasteiger partial charge in [-0.15, -0.1) is 0 Å². The van der Waals surface area contributed by atoms with E-state index in [1.54, 1.807) is 0 Å². The number of hydrogen-bond donors (Lipinski definition) is 0. The second-order valence-corrected chi connectivity index (χ2v) is 8.32. The van der Waals surface area contributed by atoms with Gasteiger partial charge in [0.1, 0.15) is 0 Å². The fourth-order valence-electron chi connectivity index (χ4n) is 3.87. The summed E-state index contributed by atoms with van der Waals surface area (Å²) in [4.78, 5) is 9.22. The third-order valence-corrected chi connectivity index (χ3v) is 5.76. The molecule has 158 valence electrons. The van der Waals surface area contributed by atoms with Crippen LogP contribution in [-0.4, -0.2) is 9.97 Å². The summed E-state index contributed by atoms with van der Waals surface area (Å²) < 4.78 is 0. The standard InChI is InChI=1S/C28H36N2/c1-2-3-4-5-6-8-15-25-18-20-27(21-19-25)28-29-22-26(23-30-28)17-12-11-16-24-13-9-7-10-14-24/h7,9-10,13-14,18-23H,2-6,8,11-12,15-17H2,1H3. The van der Waals surface area contributed by atoms with Gasteiger partial charge >= 0.3 is 0 Å². The van der Waals surface area contributed by atoms with Gasteiger partial charge in [0, 0.05) is 18.0 Å². The van der Waals surface area contributed by atoms with Crippen molar-refractivity contribution in [2.75, 3.05) is 0 Å². The zero-order valence-electron chi connectivity index (χ0n) is 18.5. The van der Waals surface area contributed by atoms with Gasteiger partial charge in [-0.05, 0) is 55.2 Å². The van der Waals surface area contributed by atoms with Crippen LogP contribution in [0.15, 0.2) is 67.0 Å². The fraction of sp³-hybridized carbons (Fsp3) is 0.429. The Morgan fingerprint density at radius 2 is 1.07 bits per heavy atom. The van der Waals surface area contributed by atoms with Crippen molar-refractivity contribution in [3.05, 3.63) is 83.7 Å². The molecule has 2 nitrogen and oxygen atoms in total. The van der Waals surface area contributed by atoms with Gasteiger partial charge in [-0.3, -0.25) is 0 Å². The Hall–Kier alpha value is -2.48. The highest BCUT2D eigenvalue weighted by atomic mass is 14.9. The largest absolute Gasteiger partial charge is 0.236 e. The van der Waals surface area contributed by atoms with Gasteiger partial charge in [0.05, 0.1) is 0 Å². The highest BCUT2D eigenvalue weighted by Crippen LogP contribution is 2.18. The summed E-state index contributed by atoms with van der Waals surface area (Å²) >= 11 is 0. The minimum absolute atomic E-state index is 0.828. The van der Waals surface area contributed by atoms with Crippen LogP contribution in [0.25, 0.3) is 11.4 Å². The lowest BCUT2D eigenvalue weighted by Crippen LogP contribution is -1.94. The lowest BCUT2D eigenvalue weighted by atomic mass is 10.0. The SMILES string of the molecule is CCCCCCCCc1ccc(-c2ncc(CCCCc3ccccc3)cn2)cc1. The smallest absolute Gasteiger partial charge is 0.159 e. The van der Waals surface area contributed by atoms with E-state index in [1.165, 1.54) is 74.5 Å². The van der Waals surface area contributed by atoms with Crippen LogP contribution in [0.3, 0.4) is 0 Å². The van der Waals surface area contributed by atoms with E-state index in [2.05, 4.69) is 71.5 Å².